The zero-order valence-electron chi connectivity index (χ0n) is 7.31. The highest BCUT2D eigenvalue weighted by molar-refractivity contribution is 5.68. The normalized spacial score (nSPS) is 8.00. The van der Waals surface area contributed by atoms with Crippen molar-refractivity contribution in [1.82, 2.24) is 0 Å². The second kappa shape index (κ2) is 11.0. The van der Waals surface area contributed by atoms with E-state index in [9.17, 15) is 0 Å². The van der Waals surface area contributed by atoms with Crippen molar-refractivity contribution in [2.75, 3.05) is 0 Å². The SMILES string of the molecule is CC.CC(C)=C/C=C\C=N. The largest absolute Gasteiger partial charge is 0.309 e. The first-order chi connectivity index (χ1) is 4.77. The smallest absolute Gasteiger partial charge is 0.0177 e. The number of nitrogens with one attached hydrogen (secondary N) is 1. The summed E-state index contributed by atoms with van der Waals surface area (Å²) in [6, 6.07) is 0. The first-order valence-corrected chi connectivity index (χ1v) is 3.58. The maximum Gasteiger partial charge on any atom is 0.0177 e. The highest BCUT2D eigenvalue weighted by Crippen LogP contribution is 1.86. The van der Waals surface area contributed by atoms with Crippen molar-refractivity contribution in [3.63, 3.8) is 0 Å². The van der Waals surface area contributed by atoms with Crippen molar-refractivity contribution in [3.05, 3.63) is 23.8 Å². The van der Waals surface area contributed by atoms with Gasteiger partial charge in [0.25, 0.3) is 0 Å². The van der Waals surface area contributed by atoms with Crippen molar-refractivity contribution in [3.8, 4) is 0 Å². The van der Waals surface area contributed by atoms with Gasteiger partial charge in [0.2, 0.25) is 0 Å². The van der Waals surface area contributed by atoms with Gasteiger partial charge in [-0.2, -0.15) is 0 Å². The third kappa shape index (κ3) is 15.7. The van der Waals surface area contributed by atoms with Gasteiger partial charge < -0.3 is 5.41 Å². The first-order valence-electron chi connectivity index (χ1n) is 3.58. The Morgan fingerprint density at radius 1 is 1.10 bits per heavy atom. The van der Waals surface area contributed by atoms with Gasteiger partial charge in [0.1, 0.15) is 0 Å². The molecule has 0 rings (SSSR count). The molecule has 0 aliphatic carbocycles. The molecule has 0 saturated heterocycles. The molecule has 0 saturated carbocycles. The van der Waals surface area contributed by atoms with Gasteiger partial charge in [-0.3, -0.25) is 0 Å². The van der Waals surface area contributed by atoms with Crippen LogP contribution in [0, 0.1) is 5.41 Å². The van der Waals surface area contributed by atoms with Crippen molar-refractivity contribution in [2.24, 2.45) is 0 Å². The monoisotopic (exact) mass is 139 g/mol. The molecule has 0 spiro atoms. The first kappa shape index (κ1) is 11.9. The molecule has 1 heteroatoms. The minimum atomic E-state index is 1.25. The van der Waals surface area contributed by atoms with E-state index in [0.717, 1.165) is 0 Å². The standard InChI is InChI=1S/C7H11N.C2H6/c1-7(2)5-3-4-6-8;1-2/h3-6,8H,1-2H3;1-2H3/b4-3-,8-6?;. The van der Waals surface area contributed by atoms with Gasteiger partial charge >= 0.3 is 0 Å². The van der Waals surface area contributed by atoms with Crippen molar-refractivity contribution >= 4 is 6.21 Å². The highest BCUT2D eigenvalue weighted by Gasteiger charge is 1.66. The number of allylic oxidation sites excluding steroid dienone is 4. The second-order valence-electron chi connectivity index (χ2n) is 1.80. The van der Waals surface area contributed by atoms with Gasteiger partial charge in [-0.1, -0.05) is 31.6 Å². The third-order valence-corrected chi connectivity index (χ3v) is 0.637. The lowest BCUT2D eigenvalue weighted by atomic mass is 10.3. The molecule has 0 aromatic heterocycles. The summed E-state index contributed by atoms with van der Waals surface area (Å²) in [7, 11) is 0. The zero-order chi connectivity index (χ0) is 8.41. The molecule has 0 heterocycles. The molecule has 10 heavy (non-hydrogen) atoms. The summed E-state index contributed by atoms with van der Waals surface area (Å²) >= 11 is 0. The lowest BCUT2D eigenvalue weighted by Gasteiger charge is -1.78. The van der Waals surface area contributed by atoms with Crippen molar-refractivity contribution < 1.29 is 0 Å². The fourth-order valence-corrected chi connectivity index (χ4v) is 0.304. The van der Waals surface area contributed by atoms with Crippen LogP contribution < -0.4 is 0 Å². The molecule has 0 atom stereocenters. The molecule has 0 radical (unpaired) electrons. The molecule has 0 aromatic carbocycles. The average molecular weight is 139 g/mol. The predicted molar refractivity (Wildman–Crippen MR) is 48.7 cm³/mol. The average Bonchev–Trinajstić information content (AvgIpc) is 1.92. The minimum Gasteiger partial charge on any atom is -0.309 e. The van der Waals surface area contributed by atoms with Gasteiger partial charge in [0.15, 0.2) is 0 Å². The van der Waals surface area contributed by atoms with E-state index in [1.165, 1.54) is 11.8 Å². The predicted octanol–water partition coefficient (Wildman–Crippen LogP) is 3.18. The lowest BCUT2D eigenvalue weighted by molar-refractivity contribution is 1.39. The van der Waals surface area contributed by atoms with Crippen LogP contribution in [-0.4, -0.2) is 6.21 Å². The molecule has 0 fully saturated rings. The van der Waals surface area contributed by atoms with Gasteiger partial charge in [-0.05, 0) is 19.9 Å². The summed E-state index contributed by atoms with van der Waals surface area (Å²) in [5.41, 5.74) is 1.25. The van der Waals surface area contributed by atoms with Crippen molar-refractivity contribution in [2.45, 2.75) is 27.7 Å². The van der Waals surface area contributed by atoms with E-state index < -0.39 is 0 Å². The topological polar surface area (TPSA) is 23.9 Å². The molecule has 0 aromatic rings. The summed E-state index contributed by atoms with van der Waals surface area (Å²) < 4.78 is 0. The molecule has 1 nitrogen and oxygen atoms in total. The maximum absolute atomic E-state index is 6.61. The third-order valence-electron chi connectivity index (χ3n) is 0.637. The lowest BCUT2D eigenvalue weighted by Crippen LogP contribution is -1.59. The molecule has 1 N–H and O–H groups in total. The van der Waals surface area contributed by atoms with Crippen LogP contribution >= 0.6 is 0 Å². The van der Waals surface area contributed by atoms with Gasteiger partial charge in [0.05, 0.1) is 0 Å². The van der Waals surface area contributed by atoms with Gasteiger partial charge in [-0.15, -0.1) is 0 Å². The van der Waals surface area contributed by atoms with Crippen LogP contribution in [-0.2, 0) is 0 Å². The van der Waals surface area contributed by atoms with Crippen LogP contribution in [0.5, 0.6) is 0 Å². The van der Waals surface area contributed by atoms with E-state index in [-0.39, 0.29) is 0 Å². The fraction of sp³-hybridized carbons (Fsp3) is 0.444. The molecule has 0 bridgehead atoms. The Hall–Kier alpha value is -0.850. The summed E-state index contributed by atoms with van der Waals surface area (Å²) in [5, 5.41) is 6.61. The fourth-order valence-electron chi connectivity index (χ4n) is 0.304. The second-order valence-corrected chi connectivity index (χ2v) is 1.80. The van der Waals surface area contributed by atoms with Crippen LogP contribution in [0.25, 0.3) is 0 Å². The van der Waals surface area contributed by atoms with Crippen LogP contribution in [0.3, 0.4) is 0 Å². The van der Waals surface area contributed by atoms with Gasteiger partial charge in [0, 0.05) is 6.21 Å². The van der Waals surface area contributed by atoms with Crippen molar-refractivity contribution in [1.29, 1.82) is 5.41 Å². The maximum atomic E-state index is 6.61. The van der Waals surface area contributed by atoms with Crippen LogP contribution in [0.15, 0.2) is 23.8 Å². The van der Waals surface area contributed by atoms with E-state index in [4.69, 9.17) is 5.41 Å². The van der Waals surface area contributed by atoms with E-state index in [1.54, 1.807) is 6.08 Å². The Labute approximate surface area is 64.0 Å². The van der Waals surface area contributed by atoms with E-state index in [1.807, 2.05) is 39.8 Å². The Bertz CT molecular complexity index is 117. The highest BCUT2D eigenvalue weighted by atomic mass is 14.3. The van der Waals surface area contributed by atoms with E-state index in [2.05, 4.69) is 0 Å². The Balaban J connectivity index is 0. The zero-order valence-corrected chi connectivity index (χ0v) is 7.31. The molecule has 0 unspecified atom stereocenters. The Kier molecular flexibility index (Phi) is 13.1. The Morgan fingerprint density at radius 3 is 1.90 bits per heavy atom. The molecule has 0 amide bonds. The van der Waals surface area contributed by atoms with E-state index >= 15 is 0 Å². The quantitative estimate of drug-likeness (QED) is 0.449. The molecular formula is C9H17N. The molecule has 0 aliphatic rings. The van der Waals surface area contributed by atoms with Crippen LogP contribution in [0.1, 0.15) is 27.7 Å². The number of hydrogen-bond acceptors (Lipinski definition) is 1. The van der Waals surface area contributed by atoms with E-state index in [0.29, 0.717) is 0 Å². The molecule has 0 aliphatic heterocycles. The van der Waals surface area contributed by atoms with Gasteiger partial charge in [-0.25, -0.2) is 0 Å². The summed E-state index contributed by atoms with van der Waals surface area (Å²) in [4.78, 5) is 0. The molecular weight excluding hydrogens is 122 g/mol. The number of rotatable bonds is 2. The summed E-state index contributed by atoms with van der Waals surface area (Å²) in [6.07, 6.45) is 6.76. The van der Waals surface area contributed by atoms with Crippen LogP contribution in [0.2, 0.25) is 0 Å². The minimum absolute atomic E-state index is 1.25. The Morgan fingerprint density at radius 2 is 1.60 bits per heavy atom. The molecule has 58 valence electrons. The summed E-state index contributed by atoms with van der Waals surface area (Å²) in [5.74, 6) is 0. The number of hydrogen-bond donors (Lipinski definition) is 1. The van der Waals surface area contributed by atoms with Crippen LogP contribution in [0.4, 0.5) is 0 Å². The summed E-state index contributed by atoms with van der Waals surface area (Å²) in [6.45, 7) is 8.04.